The average molecular weight is 415 g/mol. The molecular weight excluding hydrogens is 384 g/mol. The number of aromatic amines is 1. The fourth-order valence-corrected chi connectivity index (χ4v) is 6.61. The SMILES string of the molecule is COC(=O)[C@@]12CC3C[C@H](C(C)O)[C@@H]1N(CCc1c2[nH]c2cc(OC)c(OC)cc12)C3. The fourth-order valence-electron chi connectivity index (χ4n) is 6.61. The van der Waals surface area contributed by atoms with E-state index in [1.807, 2.05) is 19.1 Å². The van der Waals surface area contributed by atoms with E-state index in [1.165, 1.54) is 7.11 Å². The summed E-state index contributed by atoms with van der Waals surface area (Å²) in [4.78, 5) is 19.5. The van der Waals surface area contributed by atoms with E-state index in [4.69, 9.17) is 14.2 Å². The van der Waals surface area contributed by atoms with Crippen molar-refractivity contribution < 1.29 is 24.1 Å². The van der Waals surface area contributed by atoms with Crippen molar-refractivity contribution in [3.05, 3.63) is 23.4 Å². The number of nitrogens with zero attached hydrogens (tertiary/aromatic N) is 1. The molecule has 0 radical (unpaired) electrons. The first-order valence-corrected chi connectivity index (χ1v) is 10.7. The maximum atomic E-state index is 13.5. The summed E-state index contributed by atoms with van der Waals surface area (Å²) in [5.74, 6) is 1.52. The van der Waals surface area contributed by atoms with Gasteiger partial charge in [0.1, 0.15) is 5.41 Å². The second-order valence-electron chi connectivity index (χ2n) is 9.09. The molecule has 1 aliphatic carbocycles. The number of aromatic nitrogens is 1. The molecule has 0 spiro atoms. The third kappa shape index (κ3) is 2.48. The van der Waals surface area contributed by atoms with E-state index in [-0.39, 0.29) is 17.9 Å². The summed E-state index contributed by atoms with van der Waals surface area (Å²) < 4.78 is 16.5. The first kappa shape index (κ1) is 19.7. The van der Waals surface area contributed by atoms with E-state index in [0.29, 0.717) is 17.4 Å². The molecule has 2 saturated heterocycles. The first-order chi connectivity index (χ1) is 14.4. The topological polar surface area (TPSA) is 84.0 Å². The third-order valence-corrected chi connectivity index (χ3v) is 7.69. The highest BCUT2D eigenvalue weighted by Gasteiger charge is 2.63. The van der Waals surface area contributed by atoms with Crippen molar-refractivity contribution in [2.45, 2.75) is 43.7 Å². The van der Waals surface area contributed by atoms with Gasteiger partial charge in [-0.05, 0) is 43.7 Å². The molecule has 7 nitrogen and oxygen atoms in total. The van der Waals surface area contributed by atoms with Crippen molar-refractivity contribution in [1.29, 1.82) is 0 Å². The number of aliphatic hydroxyl groups excluding tert-OH is 1. The molecule has 4 aliphatic rings. The van der Waals surface area contributed by atoms with Crippen LogP contribution in [0.2, 0.25) is 0 Å². The highest BCUT2D eigenvalue weighted by atomic mass is 16.5. The van der Waals surface area contributed by atoms with Gasteiger partial charge in [-0.15, -0.1) is 0 Å². The number of methoxy groups -OCH3 is 3. The van der Waals surface area contributed by atoms with Gasteiger partial charge in [-0.1, -0.05) is 0 Å². The third-order valence-electron chi connectivity index (χ3n) is 7.69. The summed E-state index contributed by atoms with van der Waals surface area (Å²) in [5, 5.41) is 11.7. The van der Waals surface area contributed by atoms with E-state index in [9.17, 15) is 9.90 Å². The van der Waals surface area contributed by atoms with Crippen LogP contribution in [-0.2, 0) is 21.4 Å². The van der Waals surface area contributed by atoms with E-state index in [2.05, 4.69) is 9.88 Å². The van der Waals surface area contributed by atoms with Crippen LogP contribution in [0, 0.1) is 11.8 Å². The van der Waals surface area contributed by atoms with Crippen LogP contribution in [0.1, 0.15) is 31.0 Å². The van der Waals surface area contributed by atoms with Crippen molar-refractivity contribution in [3.8, 4) is 11.5 Å². The van der Waals surface area contributed by atoms with Crippen LogP contribution in [0.3, 0.4) is 0 Å². The maximum Gasteiger partial charge on any atom is 0.319 e. The number of hydrogen-bond donors (Lipinski definition) is 2. The van der Waals surface area contributed by atoms with Crippen LogP contribution < -0.4 is 9.47 Å². The minimum atomic E-state index is -0.803. The Kier molecular flexibility index (Phi) is 4.52. The zero-order valence-corrected chi connectivity index (χ0v) is 18.0. The van der Waals surface area contributed by atoms with Crippen LogP contribution >= 0.6 is 0 Å². The van der Waals surface area contributed by atoms with E-state index < -0.39 is 11.5 Å². The molecule has 4 heterocycles. The van der Waals surface area contributed by atoms with Gasteiger partial charge in [0.25, 0.3) is 0 Å². The minimum absolute atomic E-state index is 0.0398. The second-order valence-corrected chi connectivity index (χ2v) is 9.09. The zero-order valence-electron chi connectivity index (χ0n) is 18.0. The summed E-state index contributed by atoms with van der Waals surface area (Å²) in [7, 11) is 4.73. The van der Waals surface area contributed by atoms with Crippen molar-refractivity contribution in [2.24, 2.45) is 11.8 Å². The predicted octanol–water partition coefficient (Wildman–Crippen LogP) is 2.24. The Hall–Kier alpha value is -2.25. The Morgan fingerprint density at radius 2 is 2.00 bits per heavy atom. The number of carbonyl (C=O) groups excluding carboxylic acids is 1. The van der Waals surface area contributed by atoms with E-state index in [1.54, 1.807) is 14.2 Å². The number of rotatable bonds is 4. The summed E-state index contributed by atoms with van der Waals surface area (Å²) in [6, 6.07) is 3.87. The number of hydrogen-bond acceptors (Lipinski definition) is 6. The molecule has 0 amide bonds. The Morgan fingerprint density at radius 1 is 1.27 bits per heavy atom. The maximum absolute atomic E-state index is 13.5. The molecule has 4 bridgehead atoms. The molecule has 3 fully saturated rings. The lowest BCUT2D eigenvalue weighted by molar-refractivity contribution is -0.166. The average Bonchev–Trinajstić information content (AvgIpc) is 3.08. The van der Waals surface area contributed by atoms with Gasteiger partial charge in [-0.2, -0.15) is 0 Å². The fraction of sp³-hybridized carbons (Fsp3) is 0.609. The summed E-state index contributed by atoms with van der Waals surface area (Å²) in [5.41, 5.74) is 2.23. The molecule has 3 unspecified atom stereocenters. The van der Waals surface area contributed by atoms with Crippen molar-refractivity contribution in [2.75, 3.05) is 34.4 Å². The van der Waals surface area contributed by atoms with Crippen molar-refractivity contribution >= 4 is 16.9 Å². The molecule has 1 aromatic carbocycles. The van der Waals surface area contributed by atoms with Crippen molar-refractivity contribution in [3.63, 3.8) is 0 Å². The second kappa shape index (κ2) is 6.89. The van der Waals surface area contributed by atoms with E-state index >= 15 is 0 Å². The standard InChI is InChI=1S/C23H30N2O5/c1-12(26)15-7-13-10-23(22(27)30-4)20-14(5-6-25(11-13)21(15)23)16-8-18(28-2)19(29-3)9-17(16)24-20/h8-9,12-13,15,21,24,26H,5-7,10-11H2,1-4H3/t12?,13?,15-,21+,23-/m1/s1. The van der Waals surface area contributed by atoms with Gasteiger partial charge in [0.2, 0.25) is 0 Å². The van der Waals surface area contributed by atoms with Crippen LogP contribution in [-0.4, -0.2) is 67.5 Å². The first-order valence-electron chi connectivity index (χ1n) is 10.7. The zero-order chi connectivity index (χ0) is 21.2. The number of fused-ring (bicyclic) bond motifs is 4. The molecule has 6 atom stereocenters. The lowest BCUT2D eigenvalue weighted by atomic mass is 9.56. The number of esters is 1. The number of piperidine rings is 2. The number of H-pyrrole nitrogens is 1. The number of carbonyl (C=O) groups is 1. The largest absolute Gasteiger partial charge is 0.493 e. The predicted molar refractivity (Wildman–Crippen MR) is 112 cm³/mol. The Balaban J connectivity index is 1.79. The minimum Gasteiger partial charge on any atom is -0.493 e. The van der Waals surface area contributed by atoms with Crippen LogP contribution in [0.4, 0.5) is 0 Å². The molecule has 1 aromatic heterocycles. The van der Waals surface area contributed by atoms with Gasteiger partial charge in [0.15, 0.2) is 11.5 Å². The Morgan fingerprint density at radius 3 is 2.67 bits per heavy atom. The van der Waals surface area contributed by atoms with Gasteiger partial charge < -0.3 is 24.3 Å². The number of aliphatic hydroxyl groups is 1. The summed E-state index contributed by atoms with van der Waals surface area (Å²) >= 11 is 0. The van der Waals surface area contributed by atoms with Gasteiger partial charge >= 0.3 is 5.97 Å². The highest BCUT2D eigenvalue weighted by Crippen LogP contribution is 2.55. The van der Waals surface area contributed by atoms with Gasteiger partial charge in [0.05, 0.1) is 27.4 Å². The molecule has 1 saturated carbocycles. The van der Waals surface area contributed by atoms with Crippen molar-refractivity contribution in [1.82, 2.24) is 9.88 Å². The van der Waals surface area contributed by atoms with Crippen LogP contribution in [0.5, 0.6) is 11.5 Å². The van der Waals surface area contributed by atoms with Crippen LogP contribution in [0.25, 0.3) is 10.9 Å². The molecule has 6 rings (SSSR count). The molecule has 2 N–H and O–H groups in total. The smallest absolute Gasteiger partial charge is 0.319 e. The highest BCUT2D eigenvalue weighted by molar-refractivity contribution is 5.93. The molecular formula is C23H30N2O5. The number of nitrogens with one attached hydrogen (secondary N) is 1. The lowest BCUT2D eigenvalue weighted by Gasteiger charge is -2.58. The Labute approximate surface area is 176 Å². The van der Waals surface area contributed by atoms with Crippen LogP contribution in [0.15, 0.2) is 12.1 Å². The monoisotopic (exact) mass is 414 g/mol. The quantitative estimate of drug-likeness (QED) is 0.747. The molecule has 7 heteroatoms. The lowest BCUT2D eigenvalue weighted by Crippen LogP contribution is -2.68. The molecule has 162 valence electrons. The normalized spacial score (nSPS) is 33.0. The summed E-state index contributed by atoms with van der Waals surface area (Å²) in [6.45, 7) is 3.69. The number of ether oxygens (including phenoxy) is 3. The molecule has 2 aromatic rings. The molecule has 3 aliphatic heterocycles. The number of benzene rings is 1. The molecule has 30 heavy (non-hydrogen) atoms. The van der Waals surface area contributed by atoms with Gasteiger partial charge in [-0.3, -0.25) is 9.69 Å². The van der Waals surface area contributed by atoms with Gasteiger partial charge in [0, 0.05) is 47.7 Å². The summed E-state index contributed by atoms with van der Waals surface area (Å²) in [6.07, 6.45) is 2.06. The van der Waals surface area contributed by atoms with Gasteiger partial charge in [-0.25, -0.2) is 0 Å². The van der Waals surface area contributed by atoms with E-state index in [0.717, 1.165) is 54.5 Å². The Bertz CT molecular complexity index is 999.